The Labute approximate surface area is 150 Å². The SMILES string of the molecule is COC(=O)c1cc(-c2csc(NC(=O)[C@@H](N)CC(C)C)n2)c[nH]1.Cl. The normalized spacial score (nSPS) is 11.7. The molecule has 2 aromatic rings. The molecule has 0 unspecified atom stereocenters. The van der Waals surface area contributed by atoms with E-state index in [-0.39, 0.29) is 18.3 Å². The third-order valence-electron chi connectivity index (χ3n) is 3.18. The Hall–Kier alpha value is -1.90. The first kappa shape index (κ1) is 20.1. The number of thiazole rings is 1. The zero-order valence-electron chi connectivity index (χ0n) is 13.7. The molecule has 4 N–H and O–H groups in total. The van der Waals surface area contributed by atoms with Gasteiger partial charge in [-0.05, 0) is 18.4 Å². The summed E-state index contributed by atoms with van der Waals surface area (Å²) in [5.74, 6) is -0.345. The molecule has 24 heavy (non-hydrogen) atoms. The second-order valence-electron chi connectivity index (χ2n) is 5.56. The van der Waals surface area contributed by atoms with Crippen LogP contribution in [0.1, 0.15) is 30.8 Å². The number of nitrogens with one attached hydrogen (secondary N) is 2. The van der Waals surface area contributed by atoms with Gasteiger partial charge in [-0.1, -0.05) is 13.8 Å². The molecule has 132 valence electrons. The molecule has 0 aliphatic rings. The van der Waals surface area contributed by atoms with Crippen LogP contribution in [0.5, 0.6) is 0 Å². The summed E-state index contributed by atoms with van der Waals surface area (Å²) >= 11 is 1.30. The van der Waals surface area contributed by atoms with E-state index in [2.05, 4.69) is 20.0 Å². The van der Waals surface area contributed by atoms with Gasteiger partial charge in [0.1, 0.15) is 5.69 Å². The highest BCUT2D eigenvalue weighted by molar-refractivity contribution is 7.14. The molecule has 1 amide bonds. The molecule has 7 nitrogen and oxygen atoms in total. The highest BCUT2D eigenvalue weighted by Crippen LogP contribution is 2.25. The highest BCUT2D eigenvalue weighted by Gasteiger charge is 2.17. The lowest BCUT2D eigenvalue weighted by Gasteiger charge is -2.12. The standard InChI is InChI=1S/C15H20N4O3S.ClH/c1-8(2)4-10(16)13(20)19-15-18-12(7-23-15)9-5-11(17-6-9)14(21)22-3;/h5-8,10,17H,4,16H2,1-3H3,(H,18,19,20);1H/t10-;/m0./s1. The maximum absolute atomic E-state index is 12.0. The predicted molar refractivity (Wildman–Crippen MR) is 96.5 cm³/mol. The molecule has 2 rings (SSSR count). The van der Waals surface area contributed by atoms with Gasteiger partial charge in [0.15, 0.2) is 5.13 Å². The molecule has 0 aliphatic carbocycles. The quantitative estimate of drug-likeness (QED) is 0.675. The van der Waals surface area contributed by atoms with Gasteiger partial charge >= 0.3 is 5.97 Å². The van der Waals surface area contributed by atoms with Gasteiger partial charge in [-0.25, -0.2) is 9.78 Å². The van der Waals surface area contributed by atoms with Crippen LogP contribution in [0.25, 0.3) is 11.3 Å². The number of carbonyl (C=O) groups excluding carboxylic acids is 2. The molecular weight excluding hydrogens is 352 g/mol. The number of rotatable bonds is 6. The molecule has 0 fully saturated rings. The first-order valence-electron chi connectivity index (χ1n) is 7.19. The van der Waals surface area contributed by atoms with Gasteiger partial charge in [-0.15, -0.1) is 23.7 Å². The van der Waals surface area contributed by atoms with E-state index in [1.54, 1.807) is 17.6 Å². The maximum atomic E-state index is 12.0. The Balaban J connectivity index is 0.00000288. The molecular formula is C15H21ClN4O3S. The summed E-state index contributed by atoms with van der Waals surface area (Å²) in [4.78, 5) is 30.6. The van der Waals surface area contributed by atoms with Gasteiger partial charge in [0, 0.05) is 17.1 Å². The van der Waals surface area contributed by atoms with Crippen LogP contribution in [0.15, 0.2) is 17.6 Å². The maximum Gasteiger partial charge on any atom is 0.354 e. The van der Waals surface area contributed by atoms with Crippen LogP contribution in [0, 0.1) is 5.92 Å². The first-order chi connectivity index (χ1) is 10.9. The topological polar surface area (TPSA) is 110 Å². The Morgan fingerprint density at radius 2 is 2.17 bits per heavy atom. The molecule has 9 heteroatoms. The zero-order chi connectivity index (χ0) is 17.0. The highest BCUT2D eigenvalue weighted by atomic mass is 35.5. The minimum absolute atomic E-state index is 0. The number of hydrogen-bond donors (Lipinski definition) is 3. The minimum Gasteiger partial charge on any atom is -0.464 e. The monoisotopic (exact) mass is 372 g/mol. The number of H-pyrrole nitrogens is 1. The Morgan fingerprint density at radius 3 is 2.79 bits per heavy atom. The van der Waals surface area contributed by atoms with E-state index in [0.29, 0.717) is 28.9 Å². The van der Waals surface area contributed by atoms with Crippen LogP contribution in [0.2, 0.25) is 0 Å². The number of anilines is 1. The van der Waals surface area contributed by atoms with Gasteiger partial charge in [0.25, 0.3) is 0 Å². The van der Waals surface area contributed by atoms with Crippen molar-refractivity contribution in [2.75, 3.05) is 12.4 Å². The molecule has 0 radical (unpaired) electrons. The molecule has 0 bridgehead atoms. The lowest BCUT2D eigenvalue weighted by atomic mass is 10.0. The van der Waals surface area contributed by atoms with E-state index in [1.165, 1.54) is 18.4 Å². The Kier molecular flexibility index (Phi) is 7.40. The molecule has 2 heterocycles. The zero-order valence-corrected chi connectivity index (χ0v) is 15.3. The summed E-state index contributed by atoms with van der Waals surface area (Å²) in [6.45, 7) is 4.03. The second kappa shape index (κ2) is 8.81. The van der Waals surface area contributed by atoms with E-state index in [4.69, 9.17) is 5.73 Å². The van der Waals surface area contributed by atoms with E-state index in [1.807, 2.05) is 13.8 Å². The number of halogens is 1. The number of esters is 1. The number of nitrogens with two attached hydrogens (primary N) is 1. The van der Waals surface area contributed by atoms with Crippen molar-refractivity contribution in [3.63, 3.8) is 0 Å². The van der Waals surface area contributed by atoms with Crippen LogP contribution in [0.4, 0.5) is 5.13 Å². The van der Waals surface area contributed by atoms with E-state index in [9.17, 15) is 9.59 Å². The number of ether oxygens (including phenoxy) is 1. The summed E-state index contributed by atoms with van der Waals surface area (Å²) in [5, 5.41) is 5.00. The van der Waals surface area contributed by atoms with Crippen molar-refractivity contribution in [2.24, 2.45) is 11.7 Å². The molecule has 0 aliphatic heterocycles. The Morgan fingerprint density at radius 1 is 1.46 bits per heavy atom. The first-order valence-corrected chi connectivity index (χ1v) is 8.07. The molecule has 1 atom stereocenters. The van der Waals surface area contributed by atoms with Gasteiger partial charge in [-0.3, -0.25) is 4.79 Å². The van der Waals surface area contributed by atoms with Gasteiger partial charge in [0.2, 0.25) is 5.91 Å². The second-order valence-corrected chi connectivity index (χ2v) is 6.41. The molecule has 0 spiro atoms. The van der Waals surface area contributed by atoms with E-state index < -0.39 is 12.0 Å². The van der Waals surface area contributed by atoms with Crippen molar-refractivity contribution in [2.45, 2.75) is 26.3 Å². The fourth-order valence-corrected chi connectivity index (χ4v) is 2.77. The number of aromatic amines is 1. The number of aromatic nitrogens is 2. The Bertz CT molecular complexity index is 698. The third kappa shape index (κ3) is 5.05. The number of methoxy groups -OCH3 is 1. The fourth-order valence-electron chi connectivity index (χ4n) is 2.05. The van der Waals surface area contributed by atoms with Gasteiger partial charge < -0.3 is 20.8 Å². The fraction of sp³-hybridized carbons (Fsp3) is 0.400. The van der Waals surface area contributed by atoms with Crippen molar-refractivity contribution in [1.82, 2.24) is 9.97 Å². The smallest absolute Gasteiger partial charge is 0.354 e. The van der Waals surface area contributed by atoms with E-state index in [0.717, 1.165) is 5.56 Å². The van der Waals surface area contributed by atoms with Gasteiger partial charge in [0.05, 0.1) is 18.8 Å². The van der Waals surface area contributed by atoms with Crippen molar-refractivity contribution < 1.29 is 14.3 Å². The molecule has 0 aromatic carbocycles. The summed E-state index contributed by atoms with van der Waals surface area (Å²) in [6, 6.07) is 1.09. The van der Waals surface area contributed by atoms with Gasteiger partial charge in [-0.2, -0.15) is 0 Å². The summed E-state index contributed by atoms with van der Waals surface area (Å²) in [7, 11) is 1.32. The van der Waals surface area contributed by atoms with Crippen molar-refractivity contribution >= 4 is 40.8 Å². The molecule has 2 aromatic heterocycles. The van der Waals surface area contributed by atoms with Crippen LogP contribution in [-0.2, 0) is 9.53 Å². The van der Waals surface area contributed by atoms with Crippen LogP contribution in [-0.4, -0.2) is 35.0 Å². The van der Waals surface area contributed by atoms with Crippen LogP contribution < -0.4 is 11.1 Å². The summed E-state index contributed by atoms with van der Waals surface area (Å²) in [5.41, 5.74) is 7.60. The van der Waals surface area contributed by atoms with E-state index >= 15 is 0 Å². The lowest BCUT2D eigenvalue weighted by molar-refractivity contribution is -0.117. The largest absolute Gasteiger partial charge is 0.464 e. The lowest BCUT2D eigenvalue weighted by Crippen LogP contribution is -2.36. The van der Waals surface area contributed by atoms with Crippen molar-refractivity contribution in [1.29, 1.82) is 0 Å². The van der Waals surface area contributed by atoms with Crippen molar-refractivity contribution in [3.05, 3.63) is 23.3 Å². The molecule has 0 saturated carbocycles. The third-order valence-corrected chi connectivity index (χ3v) is 3.94. The van der Waals surface area contributed by atoms with Crippen LogP contribution in [0.3, 0.4) is 0 Å². The summed E-state index contributed by atoms with van der Waals surface area (Å²) in [6.07, 6.45) is 2.28. The average molecular weight is 373 g/mol. The summed E-state index contributed by atoms with van der Waals surface area (Å²) < 4.78 is 4.64. The minimum atomic E-state index is -0.555. The van der Waals surface area contributed by atoms with Crippen molar-refractivity contribution in [3.8, 4) is 11.3 Å². The number of amides is 1. The number of nitrogens with zero attached hydrogens (tertiary/aromatic N) is 1. The average Bonchev–Trinajstić information content (AvgIpc) is 3.14. The molecule has 0 saturated heterocycles. The number of carbonyl (C=O) groups is 2. The van der Waals surface area contributed by atoms with Crippen LogP contribution >= 0.6 is 23.7 Å². The number of hydrogen-bond acceptors (Lipinski definition) is 6. The predicted octanol–water partition coefficient (Wildman–Crippen LogP) is 2.66.